The van der Waals surface area contributed by atoms with Gasteiger partial charge in [-0.3, -0.25) is 4.79 Å². The smallest absolute Gasteiger partial charge is 0.244 e. The van der Waals surface area contributed by atoms with E-state index in [-0.39, 0.29) is 17.9 Å². The average molecular weight is 286 g/mol. The highest BCUT2D eigenvalue weighted by Crippen LogP contribution is 2.47. The predicted octanol–water partition coefficient (Wildman–Crippen LogP) is 2.69. The van der Waals surface area contributed by atoms with Crippen molar-refractivity contribution in [1.29, 1.82) is 0 Å². The minimum Gasteiger partial charge on any atom is -0.396 e. The van der Waals surface area contributed by atoms with Gasteiger partial charge in [0.25, 0.3) is 0 Å². The van der Waals surface area contributed by atoms with Crippen molar-refractivity contribution in [2.24, 2.45) is 5.41 Å². The van der Waals surface area contributed by atoms with Crippen LogP contribution in [0.1, 0.15) is 24.1 Å². The van der Waals surface area contributed by atoms with Gasteiger partial charge < -0.3 is 10.4 Å². The fourth-order valence-electron chi connectivity index (χ4n) is 1.84. The molecule has 2 rings (SSSR count). The number of hydrogen-bond acceptors (Lipinski definition) is 3. The van der Waals surface area contributed by atoms with Crippen LogP contribution < -0.4 is 5.32 Å². The molecule has 0 unspecified atom stereocenters. The van der Waals surface area contributed by atoms with Crippen LogP contribution in [0.4, 0.5) is 0 Å². The molecule has 1 saturated carbocycles. The Balaban J connectivity index is 1.77. The molecule has 0 saturated heterocycles. The zero-order chi connectivity index (χ0) is 13.0. The van der Waals surface area contributed by atoms with Crippen LogP contribution in [0.25, 0.3) is 6.08 Å². The number of rotatable bonds is 6. The number of nitrogens with one attached hydrogen (secondary N) is 1. The normalized spacial score (nSPS) is 17.0. The number of halogens is 1. The summed E-state index contributed by atoms with van der Waals surface area (Å²) in [7, 11) is 0. The van der Waals surface area contributed by atoms with E-state index in [0.29, 0.717) is 6.54 Å². The summed E-state index contributed by atoms with van der Waals surface area (Å²) in [6.45, 7) is 0.849. The maximum atomic E-state index is 11.6. The molecule has 1 amide bonds. The average Bonchev–Trinajstić information content (AvgIpc) is 2.99. The molecule has 1 aromatic heterocycles. The maximum Gasteiger partial charge on any atom is 0.244 e. The number of aliphatic hydroxyl groups is 1. The van der Waals surface area contributed by atoms with Crippen LogP contribution in [0.5, 0.6) is 0 Å². The van der Waals surface area contributed by atoms with Crippen molar-refractivity contribution in [3.05, 3.63) is 27.4 Å². The number of aliphatic hydroxyl groups excluding tert-OH is 1. The van der Waals surface area contributed by atoms with Gasteiger partial charge in [0.15, 0.2) is 0 Å². The first-order chi connectivity index (χ1) is 8.63. The molecule has 0 atom stereocenters. The van der Waals surface area contributed by atoms with Gasteiger partial charge in [0.1, 0.15) is 0 Å². The van der Waals surface area contributed by atoms with E-state index in [0.717, 1.165) is 28.5 Å². The molecule has 0 spiro atoms. The zero-order valence-electron chi connectivity index (χ0n) is 9.99. The molecule has 98 valence electrons. The van der Waals surface area contributed by atoms with Crippen molar-refractivity contribution < 1.29 is 9.90 Å². The van der Waals surface area contributed by atoms with Crippen LogP contribution in [0.15, 0.2) is 18.2 Å². The lowest BCUT2D eigenvalue weighted by Crippen LogP contribution is -2.29. The molecule has 0 bridgehead atoms. The zero-order valence-corrected chi connectivity index (χ0v) is 11.6. The molecule has 2 N–H and O–H groups in total. The van der Waals surface area contributed by atoms with Gasteiger partial charge in [-0.05, 0) is 42.9 Å². The molecule has 3 nitrogen and oxygen atoms in total. The van der Waals surface area contributed by atoms with Gasteiger partial charge in [0, 0.05) is 24.1 Å². The number of amides is 1. The Hall–Kier alpha value is -0.840. The Kier molecular flexibility index (Phi) is 4.43. The Morgan fingerprint density at radius 1 is 1.56 bits per heavy atom. The molecule has 5 heteroatoms. The molecule has 0 aliphatic heterocycles. The largest absolute Gasteiger partial charge is 0.396 e. The summed E-state index contributed by atoms with van der Waals surface area (Å²) >= 11 is 7.24. The van der Waals surface area contributed by atoms with E-state index in [9.17, 15) is 4.79 Å². The van der Waals surface area contributed by atoms with Gasteiger partial charge in [-0.25, -0.2) is 0 Å². The van der Waals surface area contributed by atoms with E-state index >= 15 is 0 Å². The summed E-state index contributed by atoms with van der Waals surface area (Å²) in [5.74, 6) is -0.0938. The fraction of sp³-hybridized carbons (Fsp3) is 0.462. The number of carbonyl (C=O) groups is 1. The van der Waals surface area contributed by atoms with Crippen LogP contribution in [-0.4, -0.2) is 24.2 Å². The van der Waals surface area contributed by atoms with E-state index in [1.54, 1.807) is 6.08 Å². The van der Waals surface area contributed by atoms with Gasteiger partial charge in [-0.15, -0.1) is 11.3 Å². The van der Waals surface area contributed by atoms with E-state index in [2.05, 4.69) is 5.32 Å². The first kappa shape index (κ1) is 13.6. The summed E-state index contributed by atoms with van der Waals surface area (Å²) in [5, 5.41) is 11.8. The summed E-state index contributed by atoms with van der Waals surface area (Å²) < 4.78 is 0.718. The standard InChI is InChI=1S/C13H16ClNO2S/c14-11-3-1-10(18-11)2-4-12(17)15-9-13(5-6-13)7-8-16/h1-4,16H,5-9H2,(H,15,17)/b4-2+. The molecule has 0 radical (unpaired) electrons. The summed E-state index contributed by atoms with van der Waals surface area (Å²) in [6.07, 6.45) is 6.25. The second-order valence-electron chi connectivity index (χ2n) is 4.67. The Morgan fingerprint density at radius 3 is 2.89 bits per heavy atom. The molecular formula is C13H16ClNO2S. The molecular weight excluding hydrogens is 270 g/mol. The molecule has 1 aliphatic rings. The third-order valence-corrected chi connectivity index (χ3v) is 4.43. The molecule has 0 aromatic carbocycles. The van der Waals surface area contributed by atoms with Gasteiger partial charge in [0.05, 0.1) is 4.34 Å². The molecule has 1 fully saturated rings. The first-order valence-electron chi connectivity index (χ1n) is 5.96. The lowest BCUT2D eigenvalue weighted by Gasteiger charge is -2.13. The van der Waals surface area contributed by atoms with Gasteiger partial charge in [-0.1, -0.05) is 11.6 Å². The summed E-state index contributed by atoms with van der Waals surface area (Å²) in [5.41, 5.74) is 0.157. The van der Waals surface area contributed by atoms with Gasteiger partial charge in [0.2, 0.25) is 5.91 Å². The predicted molar refractivity (Wildman–Crippen MR) is 74.7 cm³/mol. The van der Waals surface area contributed by atoms with Crippen LogP contribution in [0.3, 0.4) is 0 Å². The number of thiophene rings is 1. The second-order valence-corrected chi connectivity index (χ2v) is 6.41. The fourth-order valence-corrected chi connectivity index (χ4v) is 2.80. The van der Waals surface area contributed by atoms with Crippen molar-refractivity contribution in [1.82, 2.24) is 5.32 Å². The SMILES string of the molecule is O=C(/C=C/c1ccc(Cl)s1)NCC1(CCO)CC1. The van der Waals surface area contributed by atoms with Crippen molar-refractivity contribution in [3.63, 3.8) is 0 Å². The summed E-state index contributed by atoms with van der Waals surface area (Å²) in [6, 6.07) is 3.69. The van der Waals surface area contributed by atoms with E-state index in [4.69, 9.17) is 16.7 Å². The van der Waals surface area contributed by atoms with Crippen molar-refractivity contribution >= 4 is 34.9 Å². The Bertz CT molecular complexity index is 452. The third kappa shape index (κ3) is 3.83. The third-order valence-electron chi connectivity index (χ3n) is 3.23. The number of carbonyl (C=O) groups excluding carboxylic acids is 1. The minimum atomic E-state index is -0.0938. The monoisotopic (exact) mass is 285 g/mol. The quantitative estimate of drug-likeness (QED) is 0.790. The van der Waals surface area contributed by atoms with E-state index < -0.39 is 0 Å². The molecule has 1 heterocycles. The minimum absolute atomic E-state index is 0.0938. The Morgan fingerprint density at radius 2 is 2.33 bits per heavy atom. The van der Waals surface area contributed by atoms with Gasteiger partial charge >= 0.3 is 0 Å². The number of hydrogen-bond donors (Lipinski definition) is 2. The maximum absolute atomic E-state index is 11.6. The van der Waals surface area contributed by atoms with Crippen LogP contribution in [0, 0.1) is 5.41 Å². The van der Waals surface area contributed by atoms with Crippen LogP contribution in [-0.2, 0) is 4.79 Å². The van der Waals surface area contributed by atoms with Crippen LogP contribution >= 0.6 is 22.9 Å². The highest BCUT2D eigenvalue weighted by molar-refractivity contribution is 7.17. The van der Waals surface area contributed by atoms with E-state index in [1.807, 2.05) is 12.1 Å². The highest BCUT2D eigenvalue weighted by atomic mass is 35.5. The van der Waals surface area contributed by atoms with Crippen molar-refractivity contribution in [2.75, 3.05) is 13.2 Å². The second kappa shape index (κ2) is 5.87. The lowest BCUT2D eigenvalue weighted by atomic mass is 10.0. The topological polar surface area (TPSA) is 49.3 Å². The van der Waals surface area contributed by atoms with Gasteiger partial charge in [-0.2, -0.15) is 0 Å². The Labute approximate surface area is 115 Å². The lowest BCUT2D eigenvalue weighted by molar-refractivity contribution is -0.116. The molecule has 1 aromatic rings. The highest BCUT2D eigenvalue weighted by Gasteiger charge is 2.41. The van der Waals surface area contributed by atoms with Crippen molar-refractivity contribution in [2.45, 2.75) is 19.3 Å². The van der Waals surface area contributed by atoms with Crippen LogP contribution in [0.2, 0.25) is 4.34 Å². The van der Waals surface area contributed by atoms with Crippen molar-refractivity contribution in [3.8, 4) is 0 Å². The molecule has 1 aliphatic carbocycles. The first-order valence-corrected chi connectivity index (χ1v) is 7.15. The summed E-state index contributed by atoms with van der Waals surface area (Å²) in [4.78, 5) is 12.6. The van der Waals surface area contributed by atoms with E-state index in [1.165, 1.54) is 17.4 Å². The molecule has 18 heavy (non-hydrogen) atoms.